The fourth-order valence-corrected chi connectivity index (χ4v) is 3.32. The van der Waals surface area contributed by atoms with Gasteiger partial charge in [0.2, 0.25) is 0 Å². The summed E-state index contributed by atoms with van der Waals surface area (Å²) in [5.74, 6) is 1.79. The zero-order chi connectivity index (χ0) is 13.8. The summed E-state index contributed by atoms with van der Waals surface area (Å²) >= 11 is 0. The van der Waals surface area contributed by atoms with Crippen LogP contribution in [0.15, 0.2) is 24.3 Å². The second-order valence-electron chi connectivity index (χ2n) is 5.68. The second kappa shape index (κ2) is 6.40. The molecule has 1 aromatic rings. The summed E-state index contributed by atoms with van der Waals surface area (Å²) in [6.45, 7) is 2.71. The number of benzene rings is 1. The van der Waals surface area contributed by atoms with E-state index in [1.165, 1.54) is 12.8 Å². The van der Waals surface area contributed by atoms with Gasteiger partial charge in [-0.3, -0.25) is 0 Å². The average molecular weight is 263 g/mol. The molecule has 1 aromatic carbocycles. The predicted molar refractivity (Wildman–Crippen MR) is 77.3 cm³/mol. The topological polar surface area (TPSA) is 55.5 Å². The van der Waals surface area contributed by atoms with Gasteiger partial charge in [0, 0.05) is 12.5 Å². The molecule has 4 unspecified atom stereocenters. The molecular weight excluding hydrogens is 238 g/mol. The number of nitrogens with two attached hydrogens (primary N) is 1. The zero-order valence-corrected chi connectivity index (χ0v) is 11.9. The molecule has 3 nitrogen and oxygen atoms in total. The van der Waals surface area contributed by atoms with Crippen molar-refractivity contribution in [2.45, 2.75) is 38.2 Å². The number of ether oxygens (including phenoxy) is 1. The molecule has 0 amide bonds. The highest BCUT2D eigenvalue weighted by atomic mass is 16.5. The highest BCUT2D eigenvalue weighted by Gasteiger charge is 2.34. The van der Waals surface area contributed by atoms with Crippen molar-refractivity contribution in [3.05, 3.63) is 29.8 Å². The van der Waals surface area contributed by atoms with Crippen LogP contribution in [0.25, 0.3) is 0 Å². The van der Waals surface area contributed by atoms with Crippen LogP contribution in [0.1, 0.15) is 37.7 Å². The van der Waals surface area contributed by atoms with E-state index in [1.807, 2.05) is 24.3 Å². The van der Waals surface area contributed by atoms with E-state index in [2.05, 4.69) is 6.92 Å². The number of aliphatic hydroxyl groups is 1. The number of methoxy groups -OCH3 is 1. The Hall–Kier alpha value is -1.06. The van der Waals surface area contributed by atoms with E-state index in [-0.39, 0.29) is 12.0 Å². The fourth-order valence-electron chi connectivity index (χ4n) is 3.32. The molecule has 2 rings (SSSR count). The van der Waals surface area contributed by atoms with Gasteiger partial charge in [-0.05, 0) is 36.0 Å². The van der Waals surface area contributed by atoms with E-state index in [4.69, 9.17) is 10.5 Å². The SMILES string of the molecule is COc1cccc(C(CN)C(O)C2CCCC2C)c1. The van der Waals surface area contributed by atoms with E-state index < -0.39 is 0 Å². The van der Waals surface area contributed by atoms with E-state index in [1.54, 1.807) is 7.11 Å². The van der Waals surface area contributed by atoms with E-state index in [9.17, 15) is 5.11 Å². The Labute approximate surface area is 115 Å². The molecule has 0 aliphatic heterocycles. The smallest absolute Gasteiger partial charge is 0.119 e. The molecule has 4 atom stereocenters. The van der Waals surface area contributed by atoms with Crippen LogP contribution in [-0.4, -0.2) is 24.9 Å². The van der Waals surface area contributed by atoms with Crippen molar-refractivity contribution in [3.8, 4) is 5.75 Å². The van der Waals surface area contributed by atoms with Gasteiger partial charge < -0.3 is 15.6 Å². The molecule has 0 bridgehead atoms. The quantitative estimate of drug-likeness (QED) is 0.858. The van der Waals surface area contributed by atoms with Gasteiger partial charge in [-0.15, -0.1) is 0 Å². The van der Waals surface area contributed by atoms with Crippen LogP contribution >= 0.6 is 0 Å². The number of hydrogen-bond donors (Lipinski definition) is 2. The minimum Gasteiger partial charge on any atom is -0.497 e. The van der Waals surface area contributed by atoms with Gasteiger partial charge in [0.25, 0.3) is 0 Å². The van der Waals surface area contributed by atoms with Gasteiger partial charge in [-0.2, -0.15) is 0 Å². The van der Waals surface area contributed by atoms with Gasteiger partial charge in [0.15, 0.2) is 0 Å². The van der Waals surface area contributed by atoms with Crippen molar-refractivity contribution in [2.24, 2.45) is 17.6 Å². The van der Waals surface area contributed by atoms with Crippen LogP contribution in [-0.2, 0) is 0 Å². The summed E-state index contributed by atoms with van der Waals surface area (Å²) in [4.78, 5) is 0. The lowest BCUT2D eigenvalue weighted by Crippen LogP contribution is -2.33. The van der Waals surface area contributed by atoms with Crippen LogP contribution in [0.5, 0.6) is 5.75 Å². The predicted octanol–water partition coefficient (Wildman–Crippen LogP) is 2.53. The Kier molecular flexibility index (Phi) is 4.83. The third kappa shape index (κ3) is 3.10. The van der Waals surface area contributed by atoms with Crippen molar-refractivity contribution in [3.63, 3.8) is 0 Å². The Morgan fingerprint density at radius 3 is 2.79 bits per heavy atom. The Bertz CT molecular complexity index is 407. The minimum atomic E-state index is -0.352. The molecule has 1 saturated carbocycles. The third-order valence-electron chi connectivity index (χ3n) is 4.55. The van der Waals surface area contributed by atoms with E-state index in [0.29, 0.717) is 18.4 Å². The van der Waals surface area contributed by atoms with Crippen molar-refractivity contribution >= 4 is 0 Å². The summed E-state index contributed by atoms with van der Waals surface area (Å²) in [5.41, 5.74) is 6.99. The van der Waals surface area contributed by atoms with Gasteiger partial charge >= 0.3 is 0 Å². The lowest BCUT2D eigenvalue weighted by atomic mass is 9.81. The number of aliphatic hydroxyl groups excluding tert-OH is 1. The average Bonchev–Trinajstić information content (AvgIpc) is 2.86. The molecule has 106 valence electrons. The molecule has 0 spiro atoms. The van der Waals surface area contributed by atoms with Crippen molar-refractivity contribution in [2.75, 3.05) is 13.7 Å². The standard InChI is InChI=1S/C16H25NO2/c1-11-5-3-8-14(11)16(18)15(10-17)12-6-4-7-13(9-12)19-2/h4,6-7,9,11,14-16,18H,3,5,8,10,17H2,1-2H3. The van der Waals surface area contributed by atoms with Crippen LogP contribution in [0.4, 0.5) is 0 Å². The molecule has 1 aliphatic rings. The van der Waals surface area contributed by atoms with E-state index in [0.717, 1.165) is 17.7 Å². The monoisotopic (exact) mass is 263 g/mol. The molecule has 0 radical (unpaired) electrons. The Balaban J connectivity index is 2.18. The highest BCUT2D eigenvalue weighted by molar-refractivity contribution is 5.31. The molecule has 1 fully saturated rings. The van der Waals surface area contributed by atoms with Crippen molar-refractivity contribution < 1.29 is 9.84 Å². The summed E-state index contributed by atoms with van der Waals surface area (Å²) in [7, 11) is 1.66. The molecule has 0 heterocycles. The second-order valence-corrected chi connectivity index (χ2v) is 5.68. The zero-order valence-electron chi connectivity index (χ0n) is 11.9. The minimum absolute atomic E-state index is 0.000602. The maximum atomic E-state index is 10.7. The lowest BCUT2D eigenvalue weighted by molar-refractivity contribution is 0.0664. The molecule has 1 aliphatic carbocycles. The van der Waals surface area contributed by atoms with Crippen LogP contribution in [0, 0.1) is 11.8 Å². The molecular formula is C16H25NO2. The first-order chi connectivity index (χ1) is 9.17. The summed E-state index contributed by atoms with van der Waals surface area (Å²) in [6, 6.07) is 7.90. The third-order valence-corrected chi connectivity index (χ3v) is 4.55. The highest BCUT2D eigenvalue weighted by Crippen LogP contribution is 2.38. The maximum absolute atomic E-state index is 10.7. The van der Waals surface area contributed by atoms with Crippen molar-refractivity contribution in [1.82, 2.24) is 0 Å². The van der Waals surface area contributed by atoms with Crippen LogP contribution < -0.4 is 10.5 Å². The summed E-state index contributed by atoms with van der Waals surface area (Å²) in [6.07, 6.45) is 3.20. The maximum Gasteiger partial charge on any atom is 0.119 e. The fraction of sp³-hybridized carbons (Fsp3) is 0.625. The molecule has 0 aromatic heterocycles. The lowest BCUT2D eigenvalue weighted by Gasteiger charge is -2.29. The van der Waals surface area contributed by atoms with Gasteiger partial charge in [-0.25, -0.2) is 0 Å². The van der Waals surface area contributed by atoms with Crippen LogP contribution in [0.2, 0.25) is 0 Å². The van der Waals surface area contributed by atoms with Gasteiger partial charge in [0.1, 0.15) is 5.75 Å². The molecule has 19 heavy (non-hydrogen) atoms. The number of rotatable bonds is 5. The Morgan fingerprint density at radius 1 is 1.42 bits per heavy atom. The van der Waals surface area contributed by atoms with E-state index >= 15 is 0 Å². The van der Waals surface area contributed by atoms with Crippen LogP contribution in [0.3, 0.4) is 0 Å². The molecule has 3 heteroatoms. The Morgan fingerprint density at radius 2 is 2.21 bits per heavy atom. The largest absolute Gasteiger partial charge is 0.497 e. The van der Waals surface area contributed by atoms with Gasteiger partial charge in [0.05, 0.1) is 13.2 Å². The van der Waals surface area contributed by atoms with Crippen molar-refractivity contribution in [1.29, 1.82) is 0 Å². The first kappa shape index (κ1) is 14.4. The summed E-state index contributed by atoms with van der Waals surface area (Å²) < 4.78 is 5.25. The number of hydrogen-bond acceptors (Lipinski definition) is 3. The van der Waals surface area contributed by atoms with Gasteiger partial charge in [-0.1, -0.05) is 31.9 Å². The molecule has 3 N–H and O–H groups in total. The molecule has 0 saturated heterocycles. The summed E-state index contributed by atoms with van der Waals surface area (Å²) in [5, 5.41) is 10.7. The first-order valence-corrected chi connectivity index (χ1v) is 7.19. The first-order valence-electron chi connectivity index (χ1n) is 7.19. The normalized spacial score (nSPS) is 26.1.